The average Bonchev–Trinajstić information content (AvgIpc) is 2.56. The van der Waals surface area contributed by atoms with E-state index >= 15 is 0 Å². The lowest BCUT2D eigenvalue weighted by atomic mass is 10.0. The molecule has 0 atom stereocenters. The molecule has 0 saturated heterocycles. The van der Waals surface area contributed by atoms with E-state index in [1.54, 1.807) is 31.6 Å². The molecular weight excluding hydrogens is 287 g/mol. The van der Waals surface area contributed by atoms with Crippen molar-refractivity contribution in [2.75, 3.05) is 11.9 Å². The molecule has 0 fully saturated rings. The number of halogens is 1. The molecule has 0 aromatic heterocycles. The van der Waals surface area contributed by atoms with Gasteiger partial charge in [-0.3, -0.25) is 4.99 Å². The monoisotopic (exact) mass is 308 g/mol. The van der Waals surface area contributed by atoms with Crippen molar-refractivity contribution in [3.05, 3.63) is 78.3 Å². The molecule has 0 spiro atoms. The molecule has 0 heterocycles. The maximum atomic E-state index is 13.2. The van der Waals surface area contributed by atoms with Crippen LogP contribution >= 0.6 is 0 Å². The van der Waals surface area contributed by atoms with Gasteiger partial charge in [0.2, 0.25) is 0 Å². The van der Waals surface area contributed by atoms with Gasteiger partial charge < -0.3 is 4.90 Å². The zero-order chi connectivity index (χ0) is 16.8. The highest BCUT2D eigenvalue weighted by molar-refractivity contribution is 5.85. The molecule has 0 N–H and O–H groups in total. The molecule has 2 aromatic rings. The first-order valence-corrected chi connectivity index (χ1v) is 7.44. The molecule has 2 aromatic carbocycles. The van der Waals surface area contributed by atoms with E-state index in [9.17, 15) is 4.39 Å². The van der Waals surface area contributed by atoms with Gasteiger partial charge in [0, 0.05) is 30.8 Å². The van der Waals surface area contributed by atoms with Crippen LogP contribution in [0.1, 0.15) is 18.1 Å². The fourth-order valence-electron chi connectivity index (χ4n) is 2.34. The summed E-state index contributed by atoms with van der Waals surface area (Å²) in [6, 6.07) is 12.7. The Morgan fingerprint density at radius 1 is 1.17 bits per heavy atom. The molecule has 2 nitrogen and oxygen atoms in total. The number of hydrogen-bond donors (Lipinski definition) is 0. The van der Waals surface area contributed by atoms with Gasteiger partial charge in [-0.15, -0.1) is 0 Å². The van der Waals surface area contributed by atoms with Crippen LogP contribution in [-0.2, 0) is 0 Å². The smallest absolute Gasteiger partial charge is 0.123 e. The van der Waals surface area contributed by atoms with E-state index in [4.69, 9.17) is 0 Å². The van der Waals surface area contributed by atoms with Gasteiger partial charge in [0.25, 0.3) is 0 Å². The molecule has 118 valence electrons. The van der Waals surface area contributed by atoms with Gasteiger partial charge in [0.05, 0.1) is 0 Å². The number of aliphatic imine (C=N–C) groups is 1. The molecule has 0 radical (unpaired) electrons. The third-order valence-electron chi connectivity index (χ3n) is 3.68. The van der Waals surface area contributed by atoms with Crippen LogP contribution in [0.5, 0.6) is 0 Å². The van der Waals surface area contributed by atoms with Crippen molar-refractivity contribution in [3.8, 4) is 0 Å². The van der Waals surface area contributed by atoms with E-state index in [1.165, 1.54) is 12.1 Å². The Labute approximate surface area is 137 Å². The zero-order valence-corrected chi connectivity index (χ0v) is 13.8. The number of rotatable bonds is 5. The van der Waals surface area contributed by atoms with E-state index < -0.39 is 0 Å². The molecule has 0 unspecified atom stereocenters. The molecule has 0 aliphatic heterocycles. The first-order valence-electron chi connectivity index (χ1n) is 7.44. The number of nitrogens with zero attached hydrogens (tertiary/aromatic N) is 2. The molecule has 0 aliphatic rings. The van der Waals surface area contributed by atoms with Gasteiger partial charge in [0.15, 0.2) is 0 Å². The van der Waals surface area contributed by atoms with Crippen molar-refractivity contribution in [2.45, 2.75) is 13.8 Å². The Morgan fingerprint density at radius 3 is 2.48 bits per heavy atom. The minimum absolute atomic E-state index is 0.249. The number of aryl methyl sites for hydroxylation is 1. The van der Waals surface area contributed by atoms with Crippen molar-refractivity contribution in [1.29, 1.82) is 0 Å². The molecule has 2 rings (SSSR count). The summed E-state index contributed by atoms with van der Waals surface area (Å²) < 4.78 is 13.2. The van der Waals surface area contributed by atoms with Crippen LogP contribution in [0.2, 0.25) is 0 Å². The molecular formula is C20H21FN2. The summed E-state index contributed by atoms with van der Waals surface area (Å²) in [5, 5.41) is 0. The first-order chi connectivity index (χ1) is 11.1. The Kier molecular flexibility index (Phi) is 5.47. The Morgan fingerprint density at radius 2 is 1.87 bits per heavy atom. The summed E-state index contributed by atoms with van der Waals surface area (Å²) in [4.78, 5) is 5.94. The summed E-state index contributed by atoms with van der Waals surface area (Å²) >= 11 is 0. The second kappa shape index (κ2) is 7.54. The van der Waals surface area contributed by atoms with Crippen molar-refractivity contribution in [1.82, 2.24) is 0 Å². The highest BCUT2D eigenvalue weighted by atomic mass is 19.1. The Hall–Kier alpha value is -2.68. The van der Waals surface area contributed by atoms with Crippen LogP contribution in [0.15, 0.2) is 66.3 Å². The minimum Gasteiger partial charge on any atom is -0.317 e. The maximum absolute atomic E-state index is 13.2. The Balaban J connectivity index is 2.47. The van der Waals surface area contributed by atoms with Gasteiger partial charge >= 0.3 is 0 Å². The fourth-order valence-corrected chi connectivity index (χ4v) is 2.34. The molecule has 0 bridgehead atoms. The largest absolute Gasteiger partial charge is 0.317 e. The highest BCUT2D eigenvalue weighted by Gasteiger charge is 2.10. The van der Waals surface area contributed by atoms with Crippen LogP contribution in [0.25, 0.3) is 5.57 Å². The van der Waals surface area contributed by atoms with Crippen molar-refractivity contribution < 1.29 is 4.39 Å². The second-order valence-electron chi connectivity index (χ2n) is 5.29. The van der Waals surface area contributed by atoms with E-state index in [0.717, 1.165) is 28.1 Å². The zero-order valence-electron chi connectivity index (χ0n) is 13.8. The van der Waals surface area contributed by atoms with Crippen molar-refractivity contribution >= 4 is 23.2 Å². The summed E-state index contributed by atoms with van der Waals surface area (Å²) in [6.07, 6.45) is 5.50. The van der Waals surface area contributed by atoms with Gasteiger partial charge in [-0.05, 0) is 67.0 Å². The SMILES string of the molecule is C=CN(c1ccc(F)cc1)c1cc(/C(C)=C/C=N\C)ccc1C. The lowest BCUT2D eigenvalue weighted by molar-refractivity contribution is 0.628. The number of benzene rings is 2. The van der Waals surface area contributed by atoms with E-state index in [-0.39, 0.29) is 5.82 Å². The highest BCUT2D eigenvalue weighted by Crippen LogP contribution is 2.31. The van der Waals surface area contributed by atoms with Gasteiger partial charge in [-0.1, -0.05) is 18.7 Å². The quantitative estimate of drug-likeness (QED) is 0.664. The normalized spacial score (nSPS) is 11.7. The topological polar surface area (TPSA) is 15.6 Å². The molecule has 3 heteroatoms. The molecule has 23 heavy (non-hydrogen) atoms. The van der Waals surface area contributed by atoms with E-state index in [0.29, 0.717) is 0 Å². The summed E-state index contributed by atoms with van der Waals surface area (Å²) in [6.45, 7) is 7.99. The lowest BCUT2D eigenvalue weighted by Crippen LogP contribution is -2.09. The van der Waals surface area contributed by atoms with Crippen molar-refractivity contribution in [3.63, 3.8) is 0 Å². The van der Waals surface area contributed by atoms with E-state index in [1.807, 2.05) is 24.8 Å². The number of anilines is 2. The molecule has 0 saturated carbocycles. The number of hydrogen-bond acceptors (Lipinski definition) is 2. The summed E-state index contributed by atoms with van der Waals surface area (Å²) in [5.74, 6) is -0.249. The first kappa shape index (κ1) is 16.7. The summed E-state index contributed by atoms with van der Waals surface area (Å²) in [5.41, 5.74) is 5.25. The van der Waals surface area contributed by atoms with Gasteiger partial charge in [-0.2, -0.15) is 0 Å². The predicted octanol–water partition coefficient (Wildman–Crippen LogP) is 5.52. The van der Waals surface area contributed by atoms with Crippen LogP contribution in [-0.4, -0.2) is 13.3 Å². The van der Waals surface area contributed by atoms with Crippen LogP contribution < -0.4 is 4.90 Å². The maximum Gasteiger partial charge on any atom is 0.123 e. The third-order valence-corrected chi connectivity index (χ3v) is 3.68. The van der Waals surface area contributed by atoms with Crippen LogP contribution in [0.3, 0.4) is 0 Å². The number of allylic oxidation sites excluding steroid dienone is 2. The Bertz CT molecular complexity index is 743. The van der Waals surface area contributed by atoms with Crippen molar-refractivity contribution in [2.24, 2.45) is 4.99 Å². The van der Waals surface area contributed by atoms with Crippen LogP contribution in [0, 0.1) is 12.7 Å². The van der Waals surface area contributed by atoms with Crippen LogP contribution in [0.4, 0.5) is 15.8 Å². The average molecular weight is 308 g/mol. The molecule has 0 aliphatic carbocycles. The minimum atomic E-state index is -0.249. The lowest BCUT2D eigenvalue weighted by Gasteiger charge is -2.23. The molecule has 0 amide bonds. The third kappa shape index (κ3) is 3.95. The van der Waals surface area contributed by atoms with Gasteiger partial charge in [0.1, 0.15) is 5.82 Å². The second-order valence-corrected chi connectivity index (χ2v) is 5.29. The predicted molar refractivity (Wildman–Crippen MR) is 98.0 cm³/mol. The van der Waals surface area contributed by atoms with E-state index in [2.05, 4.69) is 29.8 Å². The fraction of sp³-hybridized carbons (Fsp3) is 0.150. The van der Waals surface area contributed by atoms with Gasteiger partial charge in [-0.25, -0.2) is 4.39 Å². The standard InChI is InChI=1S/C20H21FN2/c1-5-23(19-10-8-18(21)9-11-19)20-14-17(7-6-16(20)3)15(2)12-13-22-4/h5-14H,1H2,2-4H3/b15-12+,22-13-. The summed E-state index contributed by atoms with van der Waals surface area (Å²) in [7, 11) is 1.75.